The third-order valence-corrected chi connectivity index (χ3v) is 1.94. The summed E-state index contributed by atoms with van der Waals surface area (Å²) in [6, 6.07) is 7.33. The number of nitrogens with zero attached hydrogens (tertiary/aromatic N) is 1. The molecule has 0 aromatic heterocycles. The Morgan fingerprint density at radius 3 is 2.79 bits per heavy atom. The second kappa shape index (κ2) is 3.46. The van der Waals surface area contributed by atoms with Crippen LogP contribution in [0.1, 0.15) is 18.1 Å². The molecule has 0 amide bonds. The first-order chi connectivity index (χ1) is 6.48. The highest BCUT2D eigenvalue weighted by atomic mass is 19.1. The summed E-state index contributed by atoms with van der Waals surface area (Å²) >= 11 is 0. The summed E-state index contributed by atoms with van der Waals surface area (Å²) in [6.07, 6.45) is 0. The van der Waals surface area contributed by atoms with Crippen molar-refractivity contribution < 1.29 is 14.3 Å². The van der Waals surface area contributed by atoms with Crippen LogP contribution in [-0.2, 0) is 10.5 Å². The van der Waals surface area contributed by atoms with Crippen LogP contribution in [-0.4, -0.2) is 11.1 Å². The molecule has 0 bridgehead atoms. The Balaban J connectivity index is 3.21. The Labute approximate surface area is 80.4 Å². The number of carboxylic acids is 1. The third kappa shape index (κ3) is 1.72. The molecule has 4 heteroatoms. The van der Waals surface area contributed by atoms with Crippen molar-refractivity contribution in [1.82, 2.24) is 0 Å². The lowest BCUT2D eigenvalue weighted by molar-refractivity contribution is -0.150. The molecule has 0 radical (unpaired) electrons. The second-order valence-corrected chi connectivity index (χ2v) is 3.00. The lowest BCUT2D eigenvalue weighted by atomic mass is 9.97. The molecule has 0 fully saturated rings. The van der Waals surface area contributed by atoms with E-state index in [1.807, 2.05) is 6.07 Å². The summed E-state index contributed by atoms with van der Waals surface area (Å²) in [5.74, 6) is -1.56. The normalized spacial score (nSPS) is 14.1. The SMILES string of the molecule is CC(F)(C(=O)O)c1cccc(C#N)c1. The molecule has 72 valence electrons. The average molecular weight is 193 g/mol. The average Bonchev–Trinajstić information content (AvgIpc) is 2.17. The van der Waals surface area contributed by atoms with E-state index in [0.29, 0.717) is 0 Å². The van der Waals surface area contributed by atoms with E-state index in [9.17, 15) is 9.18 Å². The first-order valence-corrected chi connectivity index (χ1v) is 3.91. The van der Waals surface area contributed by atoms with Gasteiger partial charge in [0.05, 0.1) is 11.6 Å². The number of alkyl halides is 1. The molecule has 14 heavy (non-hydrogen) atoms. The van der Waals surface area contributed by atoms with E-state index in [-0.39, 0.29) is 11.1 Å². The largest absolute Gasteiger partial charge is 0.479 e. The minimum Gasteiger partial charge on any atom is -0.479 e. The van der Waals surface area contributed by atoms with Gasteiger partial charge >= 0.3 is 5.97 Å². The molecule has 1 aromatic rings. The van der Waals surface area contributed by atoms with Crippen LogP contribution in [0.3, 0.4) is 0 Å². The minimum atomic E-state index is -2.45. The van der Waals surface area contributed by atoms with Gasteiger partial charge in [-0.3, -0.25) is 0 Å². The van der Waals surface area contributed by atoms with Gasteiger partial charge in [-0.25, -0.2) is 9.18 Å². The topological polar surface area (TPSA) is 61.1 Å². The van der Waals surface area contributed by atoms with Gasteiger partial charge in [0.2, 0.25) is 5.67 Å². The summed E-state index contributed by atoms with van der Waals surface area (Å²) in [6.45, 7) is 0.950. The number of carboxylic acid groups (broad SMARTS) is 1. The van der Waals surface area contributed by atoms with E-state index in [2.05, 4.69) is 0 Å². The molecule has 1 rings (SSSR count). The predicted octanol–water partition coefficient (Wildman–Crippen LogP) is 1.83. The smallest absolute Gasteiger partial charge is 0.345 e. The third-order valence-electron chi connectivity index (χ3n) is 1.94. The van der Waals surface area contributed by atoms with Crippen molar-refractivity contribution in [1.29, 1.82) is 5.26 Å². The number of aliphatic carboxylic acids is 1. The van der Waals surface area contributed by atoms with Gasteiger partial charge in [-0.15, -0.1) is 0 Å². The number of benzene rings is 1. The highest BCUT2D eigenvalue weighted by Gasteiger charge is 2.34. The highest BCUT2D eigenvalue weighted by molar-refractivity contribution is 5.78. The highest BCUT2D eigenvalue weighted by Crippen LogP contribution is 2.26. The molecule has 1 N–H and O–H groups in total. The maximum absolute atomic E-state index is 13.6. The van der Waals surface area contributed by atoms with Crippen molar-refractivity contribution in [3.8, 4) is 6.07 Å². The van der Waals surface area contributed by atoms with Crippen molar-refractivity contribution in [2.75, 3.05) is 0 Å². The summed E-state index contributed by atoms with van der Waals surface area (Å²) < 4.78 is 13.6. The first kappa shape index (κ1) is 10.2. The number of nitriles is 1. The zero-order valence-electron chi connectivity index (χ0n) is 7.49. The van der Waals surface area contributed by atoms with Crippen LogP contribution in [0.5, 0.6) is 0 Å². The summed E-state index contributed by atoms with van der Waals surface area (Å²) in [4.78, 5) is 10.6. The van der Waals surface area contributed by atoms with E-state index < -0.39 is 11.6 Å². The van der Waals surface area contributed by atoms with Crippen LogP contribution in [0, 0.1) is 11.3 Å². The van der Waals surface area contributed by atoms with Gasteiger partial charge in [0.1, 0.15) is 0 Å². The van der Waals surface area contributed by atoms with Gasteiger partial charge in [0, 0.05) is 5.56 Å². The van der Waals surface area contributed by atoms with Crippen molar-refractivity contribution >= 4 is 5.97 Å². The molecular weight excluding hydrogens is 185 g/mol. The van der Waals surface area contributed by atoms with Gasteiger partial charge in [-0.2, -0.15) is 5.26 Å². The predicted molar refractivity (Wildman–Crippen MR) is 47.3 cm³/mol. The van der Waals surface area contributed by atoms with E-state index in [1.54, 1.807) is 0 Å². The first-order valence-electron chi connectivity index (χ1n) is 3.91. The van der Waals surface area contributed by atoms with Gasteiger partial charge in [-0.05, 0) is 19.1 Å². The van der Waals surface area contributed by atoms with Crippen LogP contribution in [0.2, 0.25) is 0 Å². The number of halogens is 1. The fourth-order valence-electron chi connectivity index (χ4n) is 1.00. The van der Waals surface area contributed by atoms with Gasteiger partial charge in [0.15, 0.2) is 0 Å². The number of carbonyl (C=O) groups is 1. The fourth-order valence-corrected chi connectivity index (χ4v) is 1.00. The summed E-state index contributed by atoms with van der Waals surface area (Å²) in [5.41, 5.74) is -2.23. The summed E-state index contributed by atoms with van der Waals surface area (Å²) in [7, 11) is 0. The monoisotopic (exact) mass is 193 g/mol. The molecule has 0 spiro atoms. The molecule has 1 unspecified atom stereocenters. The van der Waals surface area contributed by atoms with Gasteiger partial charge < -0.3 is 5.11 Å². The van der Waals surface area contributed by atoms with Crippen LogP contribution in [0.15, 0.2) is 24.3 Å². The van der Waals surface area contributed by atoms with Crippen LogP contribution in [0.25, 0.3) is 0 Å². The van der Waals surface area contributed by atoms with E-state index in [1.165, 1.54) is 24.3 Å². The molecule has 0 saturated heterocycles. The Kier molecular flexibility index (Phi) is 2.52. The number of hydrogen-bond donors (Lipinski definition) is 1. The van der Waals surface area contributed by atoms with E-state index in [4.69, 9.17) is 10.4 Å². The molecular formula is C10H8FNO2. The minimum absolute atomic E-state index is 0.0240. The quantitative estimate of drug-likeness (QED) is 0.779. The Morgan fingerprint density at radius 1 is 1.64 bits per heavy atom. The maximum Gasteiger partial charge on any atom is 0.345 e. The van der Waals surface area contributed by atoms with Crippen molar-refractivity contribution in [2.45, 2.75) is 12.6 Å². The van der Waals surface area contributed by atoms with Crippen LogP contribution >= 0.6 is 0 Å². The number of hydrogen-bond acceptors (Lipinski definition) is 2. The maximum atomic E-state index is 13.6. The molecule has 1 aromatic carbocycles. The standard InChI is InChI=1S/C10H8FNO2/c1-10(11,9(13)14)8-4-2-3-7(5-8)6-12/h2-5H,1H3,(H,13,14). The molecule has 0 saturated carbocycles. The molecule has 0 heterocycles. The summed E-state index contributed by atoms with van der Waals surface area (Å²) in [5, 5.41) is 17.1. The van der Waals surface area contributed by atoms with E-state index in [0.717, 1.165) is 6.92 Å². The Hall–Kier alpha value is -1.89. The molecule has 0 aliphatic carbocycles. The molecule has 1 atom stereocenters. The fraction of sp³-hybridized carbons (Fsp3) is 0.200. The van der Waals surface area contributed by atoms with Crippen LogP contribution < -0.4 is 0 Å². The molecule has 3 nitrogen and oxygen atoms in total. The zero-order chi connectivity index (χ0) is 10.8. The van der Waals surface area contributed by atoms with Crippen molar-refractivity contribution in [3.63, 3.8) is 0 Å². The zero-order valence-corrected chi connectivity index (χ0v) is 7.49. The van der Waals surface area contributed by atoms with Gasteiger partial charge in [-0.1, -0.05) is 12.1 Å². The molecule has 0 aliphatic rings. The van der Waals surface area contributed by atoms with E-state index >= 15 is 0 Å². The van der Waals surface area contributed by atoms with Crippen LogP contribution in [0.4, 0.5) is 4.39 Å². The lowest BCUT2D eigenvalue weighted by Gasteiger charge is -2.15. The number of rotatable bonds is 2. The second-order valence-electron chi connectivity index (χ2n) is 3.00. The lowest BCUT2D eigenvalue weighted by Crippen LogP contribution is -2.26. The molecule has 0 aliphatic heterocycles. The van der Waals surface area contributed by atoms with Gasteiger partial charge in [0.25, 0.3) is 0 Å². The van der Waals surface area contributed by atoms with Crippen molar-refractivity contribution in [2.24, 2.45) is 0 Å². The van der Waals surface area contributed by atoms with Crippen molar-refractivity contribution in [3.05, 3.63) is 35.4 Å². The Bertz CT molecular complexity index is 407. The Morgan fingerprint density at radius 2 is 2.29 bits per heavy atom.